The summed E-state index contributed by atoms with van der Waals surface area (Å²) in [6.07, 6.45) is 3.10. The van der Waals surface area contributed by atoms with E-state index in [-0.39, 0.29) is 12.6 Å². The highest BCUT2D eigenvalue weighted by molar-refractivity contribution is 5.76. The van der Waals surface area contributed by atoms with E-state index in [0.717, 1.165) is 0 Å². The number of nitrogens with zero attached hydrogens (tertiary/aromatic N) is 3. The van der Waals surface area contributed by atoms with Gasteiger partial charge in [0.2, 0.25) is 0 Å². The molecular formula is C10H17N5O. The normalized spacial score (nSPS) is 12.2. The second-order valence-corrected chi connectivity index (χ2v) is 3.51. The second-order valence-electron chi connectivity index (χ2n) is 3.51. The average Bonchev–Trinajstić information content (AvgIpc) is 2.25. The number of rotatable bonds is 4. The SMILES string of the molecule is CC(=N)N(CCO)C(C)c1nccnc1N. The van der Waals surface area contributed by atoms with Crippen molar-refractivity contribution in [3.05, 3.63) is 18.1 Å². The number of anilines is 1. The number of aromatic nitrogens is 2. The third-order valence-electron chi connectivity index (χ3n) is 2.39. The van der Waals surface area contributed by atoms with E-state index in [1.807, 2.05) is 6.92 Å². The van der Waals surface area contributed by atoms with Crippen molar-refractivity contribution < 1.29 is 5.11 Å². The predicted octanol–water partition coefficient (Wildman–Crippen LogP) is 0.411. The Morgan fingerprint density at radius 3 is 2.69 bits per heavy atom. The van der Waals surface area contributed by atoms with Crippen LogP contribution in [0.2, 0.25) is 0 Å². The Bertz CT molecular complexity index is 368. The lowest BCUT2D eigenvalue weighted by atomic mass is 10.2. The molecule has 88 valence electrons. The van der Waals surface area contributed by atoms with Crippen molar-refractivity contribution in [1.82, 2.24) is 14.9 Å². The molecule has 0 aliphatic rings. The summed E-state index contributed by atoms with van der Waals surface area (Å²) in [7, 11) is 0. The number of amidine groups is 1. The minimum absolute atomic E-state index is 0.0132. The minimum Gasteiger partial charge on any atom is -0.395 e. The van der Waals surface area contributed by atoms with E-state index in [1.165, 1.54) is 6.20 Å². The summed E-state index contributed by atoms with van der Waals surface area (Å²) in [5.74, 6) is 0.728. The van der Waals surface area contributed by atoms with E-state index < -0.39 is 0 Å². The van der Waals surface area contributed by atoms with Crippen LogP contribution in [0.25, 0.3) is 0 Å². The first-order chi connectivity index (χ1) is 7.57. The Balaban J connectivity index is 2.94. The number of nitrogen functional groups attached to an aromatic ring is 1. The molecule has 6 nitrogen and oxygen atoms in total. The lowest BCUT2D eigenvalue weighted by Crippen LogP contribution is -2.34. The summed E-state index contributed by atoms with van der Waals surface area (Å²) in [5.41, 5.74) is 6.35. The van der Waals surface area contributed by atoms with E-state index in [0.29, 0.717) is 23.9 Å². The molecule has 1 aromatic rings. The largest absolute Gasteiger partial charge is 0.395 e. The number of aliphatic hydroxyl groups is 1. The highest BCUT2D eigenvalue weighted by atomic mass is 16.3. The number of aliphatic hydroxyl groups excluding tert-OH is 1. The van der Waals surface area contributed by atoms with Crippen molar-refractivity contribution in [2.45, 2.75) is 19.9 Å². The summed E-state index contributed by atoms with van der Waals surface area (Å²) in [6, 6.07) is -0.168. The van der Waals surface area contributed by atoms with E-state index in [1.54, 1.807) is 18.0 Å². The summed E-state index contributed by atoms with van der Waals surface area (Å²) in [4.78, 5) is 9.84. The van der Waals surface area contributed by atoms with Gasteiger partial charge in [-0.25, -0.2) is 4.98 Å². The van der Waals surface area contributed by atoms with Crippen LogP contribution >= 0.6 is 0 Å². The number of nitrogens with one attached hydrogen (secondary N) is 1. The monoisotopic (exact) mass is 223 g/mol. The molecule has 1 rings (SSSR count). The molecule has 0 aromatic carbocycles. The molecular weight excluding hydrogens is 206 g/mol. The van der Waals surface area contributed by atoms with Gasteiger partial charge in [-0.3, -0.25) is 10.4 Å². The van der Waals surface area contributed by atoms with Gasteiger partial charge in [0.05, 0.1) is 18.5 Å². The Hall–Kier alpha value is -1.69. The molecule has 0 saturated heterocycles. The quantitative estimate of drug-likeness (QED) is 0.507. The van der Waals surface area contributed by atoms with Crippen LogP contribution in [0.15, 0.2) is 12.4 Å². The van der Waals surface area contributed by atoms with E-state index in [2.05, 4.69) is 9.97 Å². The van der Waals surface area contributed by atoms with E-state index in [4.69, 9.17) is 16.2 Å². The van der Waals surface area contributed by atoms with Crippen molar-refractivity contribution >= 4 is 11.7 Å². The Kier molecular flexibility index (Phi) is 4.19. The Morgan fingerprint density at radius 2 is 2.19 bits per heavy atom. The third kappa shape index (κ3) is 2.66. The topological polar surface area (TPSA) is 99.1 Å². The zero-order valence-corrected chi connectivity index (χ0v) is 9.51. The molecule has 6 heteroatoms. The summed E-state index contributed by atoms with van der Waals surface area (Å²) >= 11 is 0. The van der Waals surface area contributed by atoms with Crippen LogP contribution < -0.4 is 5.73 Å². The van der Waals surface area contributed by atoms with Gasteiger partial charge in [0, 0.05) is 18.9 Å². The molecule has 0 spiro atoms. The average molecular weight is 223 g/mol. The Morgan fingerprint density at radius 1 is 1.56 bits per heavy atom. The van der Waals surface area contributed by atoms with Crippen molar-refractivity contribution in [2.24, 2.45) is 0 Å². The number of hydrogen-bond donors (Lipinski definition) is 3. The van der Waals surface area contributed by atoms with Crippen LogP contribution in [0.4, 0.5) is 5.82 Å². The fourth-order valence-corrected chi connectivity index (χ4v) is 1.59. The lowest BCUT2D eigenvalue weighted by Gasteiger charge is -2.29. The summed E-state index contributed by atoms with van der Waals surface area (Å²) in [6.45, 7) is 3.92. The summed E-state index contributed by atoms with van der Waals surface area (Å²) in [5, 5.41) is 16.6. The van der Waals surface area contributed by atoms with Crippen molar-refractivity contribution in [1.29, 1.82) is 5.41 Å². The first-order valence-corrected chi connectivity index (χ1v) is 5.07. The number of hydrogen-bond acceptors (Lipinski definition) is 5. The van der Waals surface area contributed by atoms with E-state index >= 15 is 0 Å². The molecule has 4 N–H and O–H groups in total. The molecule has 0 aliphatic heterocycles. The van der Waals surface area contributed by atoms with Gasteiger partial charge in [-0.05, 0) is 13.8 Å². The van der Waals surface area contributed by atoms with Crippen molar-refractivity contribution in [3.63, 3.8) is 0 Å². The standard InChI is InChI=1S/C10H17N5O/c1-7(15(5-6-16)8(2)11)9-10(12)14-4-3-13-9/h3-4,7,11,16H,5-6H2,1-2H3,(H2,12,14). The minimum atomic E-state index is -0.168. The molecule has 1 heterocycles. The fraction of sp³-hybridized carbons (Fsp3) is 0.500. The van der Waals surface area contributed by atoms with Crippen LogP contribution in [-0.2, 0) is 0 Å². The van der Waals surface area contributed by atoms with Crippen molar-refractivity contribution in [2.75, 3.05) is 18.9 Å². The third-order valence-corrected chi connectivity index (χ3v) is 2.39. The molecule has 1 atom stereocenters. The molecule has 0 radical (unpaired) electrons. The van der Waals surface area contributed by atoms with Gasteiger partial charge < -0.3 is 15.7 Å². The highest BCUT2D eigenvalue weighted by Gasteiger charge is 2.19. The van der Waals surface area contributed by atoms with Gasteiger partial charge >= 0.3 is 0 Å². The molecule has 1 unspecified atom stereocenters. The molecule has 16 heavy (non-hydrogen) atoms. The van der Waals surface area contributed by atoms with Crippen LogP contribution in [-0.4, -0.2) is 39.0 Å². The van der Waals surface area contributed by atoms with Gasteiger partial charge in [0.25, 0.3) is 0 Å². The van der Waals surface area contributed by atoms with Crippen LogP contribution in [0.1, 0.15) is 25.6 Å². The van der Waals surface area contributed by atoms with Crippen LogP contribution in [0.5, 0.6) is 0 Å². The molecule has 0 amide bonds. The highest BCUT2D eigenvalue weighted by Crippen LogP contribution is 2.21. The summed E-state index contributed by atoms with van der Waals surface area (Å²) < 4.78 is 0. The van der Waals surface area contributed by atoms with Crippen LogP contribution in [0, 0.1) is 5.41 Å². The van der Waals surface area contributed by atoms with Gasteiger partial charge in [0.15, 0.2) is 0 Å². The van der Waals surface area contributed by atoms with Crippen LogP contribution in [0.3, 0.4) is 0 Å². The molecule has 1 aromatic heterocycles. The van der Waals surface area contributed by atoms with Gasteiger partial charge in [-0.1, -0.05) is 0 Å². The van der Waals surface area contributed by atoms with Gasteiger partial charge in [-0.2, -0.15) is 0 Å². The van der Waals surface area contributed by atoms with E-state index in [9.17, 15) is 0 Å². The number of nitrogens with two attached hydrogens (primary N) is 1. The molecule has 0 bridgehead atoms. The lowest BCUT2D eigenvalue weighted by molar-refractivity contribution is 0.222. The maximum atomic E-state index is 8.95. The van der Waals surface area contributed by atoms with Gasteiger partial charge in [0.1, 0.15) is 11.5 Å². The maximum absolute atomic E-state index is 8.95. The second kappa shape index (κ2) is 5.41. The van der Waals surface area contributed by atoms with Gasteiger partial charge in [-0.15, -0.1) is 0 Å². The molecule has 0 fully saturated rings. The first-order valence-electron chi connectivity index (χ1n) is 5.07. The predicted molar refractivity (Wildman–Crippen MR) is 62.1 cm³/mol. The smallest absolute Gasteiger partial charge is 0.147 e. The first kappa shape index (κ1) is 12.4. The fourth-order valence-electron chi connectivity index (χ4n) is 1.59. The van der Waals surface area contributed by atoms with Crippen molar-refractivity contribution in [3.8, 4) is 0 Å². The maximum Gasteiger partial charge on any atom is 0.147 e. The molecule has 0 aliphatic carbocycles. The zero-order chi connectivity index (χ0) is 12.1. The Labute approximate surface area is 94.6 Å². The zero-order valence-electron chi connectivity index (χ0n) is 9.51. The molecule has 0 saturated carbocycles.